The van der Waals surface area contributed by atoms with E-state index in [1.54, 1.807) is 31.4 Å². The summed E-state index contributed by atoms with van der Waals surface area (Å²) >= 11 is 0. The molecule has 0 saturated heterocycles. The maximum absolute atomic E-state index is 2.61. The van der Waals surface area contributed by atoms with Crippen molar-refractivity contribution in [3.05, 3.63) is 0 Å². The first kappa shape index (κ1) is 16.7. The molecule has 0 fully saturated rings. The summed E-state index contributed by atoms with van der Waals surface area (Å²) in [5.41, 5.74) is 0. The van der Waals surface area contributed by atoms with Gasteiger partial charge in [0.1, 0.15) is 0 Å². The highest BCUT2D eigenvalue weighted by atomic mass is 29.6. The van der Waals surface area contributed by atoms with Crippen LogP contribution in [0.15, 0.2) is 0 Å². The van der Waals surface area contributed by atoms with Gasteiger partial charge in [-0.3, -0.25) is 0 Å². The van der Waals surface area contributed by atoms with E-state index in [-0.39, 0.29) is 7.83 Å². The normalized spacial score (nSPS) is 14.4. The van der Waals surface area contributed by atoms with E-state index in [0.29, 0.717) is 18.1 Å². The van der Waals surface area contributed by atoms with Crippen molar-refractivity contribution in [2.75, 3.05) is 0 Å². The summed E-state index contributed by atoms with van der Waals surface area (Å²) in [5, 5.41) is 0. The van der Waals surface area contributed by atoms with E-state index < -0.39 is 0 Å². The molecule has 0 nitrogen and oxygen atoms in total. The van der Waals surface area contributed by atoms with Crippen LogP contribution in [0.5, 0.6) is 0 Å². The zero-order valence-corrected chi connectivity index (χ0v) is 16.0. The molecule has 0 aliphatic rings. The summed E-state index contributed by atoms with van der Waals surface area (Å²) in [6, 6.07) is 3.47. The number of hydrogen-bond donors (Lipinski definition) is 0. The third kappa shape index (κ3) is 11.1. The molecular formula is C13H34Si3. The lowest BCUT2D eigenvalue weighted by Gasteiger charge is -2.11. The monoisotopic (exact) mass is 274 g/mol. The molecule has 1 unspecified atom stereocenters. The van der Waals surface area contributed by atoms with Crippen molar-refractivity contribution in [3.63, 3.8) is 0 Å². The van der Waals surface area contributed by atoms with Gasteiger partial charge < -0.3 is 0 Å². The molecule has 0 heterocycles. The van der Waals surface area contributed by atoms with Gasteiger partial charge in [-0.15, -0.1) is 0 Å². The number of hydrogen-bond acceptors (Lipinski definition) is 0. The standard InChI is InChI=1S/C13H34Si3/c1-4-6-8-10-12-15-16(14-3)13-11-9-7-5-2/h16H,4-15H2,1-3H3. The Morgan fingerprint density at radius 3 is 2.00 bits per heavy atom. The van der Waals surface area contributed by atoms with Crippen LogP contribution in [0.4, 0.5) is 0 Å². The van der Waals surface area contributed by atoms with Crippen LogP contribution >= 0.6 is 0 Å². The third-order valence-electron chi connectivity index (χ3n) is 3.76. The average molecular weight is 275 g/mol. The van der Waals surface area contributed by atoms with Gasteiger partial charge in [-0.2, -0.15) is 0 Å². The first-order valence-electron chi connectivity index (χ1n) is 7.85. The second kappa shape index (κ2) is 13.7. The Morgan fingerprint density at radius 1 is 0.812 bits per heavy atom. The van der Waals surface area contributed by atoms with E-state index in [4.69, 9.17) is 0 Å². The molecule has 0 rings (SSSR count). The van der Waals surface area contributed by atoms with Crippen LogP contribution in [0.3, 0.4) is 0 Å². The smallest absolute Gasteiger partial charge is 0.0125 e. The van der Waals surface area contributed by atoms with Crippen LogP contribution in [-0.2, 0) is 0 Å². The molecular weight excluding hydrogens is 240 g/mol. The summed E-state index contributed by atoms with van der Waals surface area (Å²) in [4.78, 5) is 0. The lowest BCUT2D eigenvalue weighted by molar-refractivity contribution is 0.698. The van der Waals surface area contributed by atoms with Gasteiger partial charge in [-0.05, 0) is 0 Å². The van der Waals surface area contributed by atoms with Gasteiger partial charge in [0.15, 0.2) is 0 Å². The predicted octanol–water partition coefficient (Wildman–Crippen LogP) is 3.17. The van der Waals surface area contributed by atoms with E-state index in [9.17, 15) is 0 Å². The third-order valence-corrected chi connectivity index (χ3v) is 26.3. The fourth-order valence-electron chi connectivity index (χ4n) is 2.45. The molecule has 0 aromatic rings. The number of rotatable bonds is 12. The Kier molecular flexibility index (Phi) is 14.3. The Balaban J connectivity index is 3.29. The predicted molar refractivity (Wildman–Crippen MR) is 88.0 cm³/mol. The van der Waals surface area contributed by atoms with Crippen LogP contribution in [0.25, 0.3) is 0 Å². The van der Waals surface area contributed by atoms with Crippen LogP contribution in [-0.4, -0.2) is 25.9 Å². The van der Waals surface area contributed by atoms with Gasteiger partial charge in [0.25, 0.3) is 0 Å². The van der Waals surface area contributed by atoms with Gasteiger partial charge in [0.05, 0.1) is 0 Å². The lowest BCUT2D eigenvalue weighted by Crippen LogP contribution is -2.28. The fourth-order valence-corrected chi connectivity index (χ4v) is 19.6. The van der Waals surface area contributed by atoms with Crippen molar-refractivity contribution < 1.29 is 0 Å². The first-order chi connectivity index (χ1) is 7.85. The van der Waals surface area contributed by atoms with Crippen LogP contribution in [0.2, 0.25) is 18.6 Å². The van der Waals surface area contributed by atoms with Crippen molar-refractivity contribution in [3.8, 4) is 0 Å². The molecule has 0 aromatic heterocycles. The second-order valence-corrected chi connectivity index (χ2v) is 24.3. The van der Waals surface area contributed by atoms with Crippen molar-refractivity contribution >= 4 is 25.9 Å². The minimum Gasteiger partial charge on any atom is -0.0771 e. The Bertz CT molecular complexity index is 128. The van der Waals surface area contributed by atoms with Gasteiger partial charge >= 0.3 is 0 Å². The minimum absolute atomic E-state index is 0.0294. The molecule has 0 bridgehead atoms. The van der Waals surface area contributed by atoms with Crippen molar-refractivity contribution in [1.29, 1.82) is 0 Å². The SMILES string of the molecule is CCCCCC[SiH2][SiH](CCCCCC)[SiH2]C. The summed E-state index contributed by atoms with van der Waals surface area (Å²) in [6.45, 7) is 7.25. The van der Waals surface area contributed by atoms with E-state index >= 15 is 0 Å². The summed E-state index contributed by atoms with van der Waals surface area (Å²) in [5.74, 6) is 0. The van der Waals surface area contributed by atoms with E-state index in [0.717, 1.165) is 0 Å². The maximum atomic E-state index is 2.61. The minimum atomic E-state index is -0.0294. The van der Waals surface area contributed by atoms with Crippen molar-refractivity contribution in [2.45, 2.75) is 83.8 Å². The molecule has 0 amide bonds. The molecule has 1 atom stereocenters. The summed E-state index contributed by atoms with van der Waals surface area (Å²) in [7, 11) is 0.889. The van der Waals surface area contributed by atoms with Gasteiger partial charge in [0, 0.05) is 25.9 Å². The summed E-state index contributed by atoms with van der Waals surface area (Å²) in [6.07, 6.45) is 12.1. The highest BCUT2D eigenvalue weighted by molar-refractivity contribution is 7.39. The number of unbranched alkanes of at least 4 members (excludes halogenated alkanes) is 6. The Labute approximate surface area is 110 Å². The Morgan fingerprint density at radius 2 is 1.44 bits per heavy atom. The molecule has 0 spiro atoms. The van der Waals surface area contributed by atoms with E-state index in [1.807, 2.05) is 0 Å². The van der Waals surface area contributed by atoms with E-state index in [1.165, 1.54) is 32.1 Å². The molecule has 0 aromatic carbocycles. The first-order valence-corrected chi connectivity index (χ1v) is 17.6. The Hall–Kier alpha value is 0.651. The molecule has 16 heavy (non-hydrogen) atoms. The maximum Gasteiger partial charge on any atom is 0.0125 e. The molecule has 0 aliphatic heterocycles. The summed E-state index contributed by atoms with van der Waals surface area (Å²) < 4.78 is 0. The topological polar surface area (TPSA) is 0 Å². The van der Waals surface area contributed by atoms with Crippen LogP contribution < -0.4 is 0 Å². The lowest BCUT2D eigenvalue weighted by atomic mass is 10.2. The van der Waals surface area contributed by atoms with Gasteiger partial charge in [-0.25, -0.2) is 0 Å². The van der Waals surface area contributed by atoms with Crippen LogP contribution in [0, 0.1) is 0 Å². The molecule has 98 valence electrons. The highest BCUT2D eigenvalue weighted by Gasteiger charge is 2.08. The van der Waals surface area contributed by atoms with Crippen molar-refractivity contribution in [2.24, 2.45) is 0 Å². The van der Waals surface area contributed by atoms with E-state index in [2.05, 4.69) is 20.4 Å². The van der Waals surface area contributed by atoms with Gasteiger partial charge in [-0.1, -0.05) is 83.8 Å². The molecule has 0 saturated carbocycles. The molecule has 0 N–H and O–H groups in total. The van der Waals surface area contributed by atoms with Crippen molar-refractivity contribution in [1.82, 2.24) is 0 Å². The fraction of sp³-hybridized carbons (Fsp3) is 1.00. The zero-order valence-electron chi connectivity index (χ0n) is 12.1. The largest absolute Gasteiger partial charge is 0.0771 e. The van der Waals surface area contributed by atoms with Gasteiger partial charge in [0.2, 0.25) is 0 Å². The quantitative estimate of drug-likeness (QED) is 0.379. The molecule has 0 aliphatic carbocycles. The molecule has 3 heteroatoms. The van der Waals surface area contributed by atoms with Crippen LogP contribution in [0.1, 0.15) is 65.2 Å². The zero-order chi connectivity index (χ0) is 12.1. The molecule has 0 radical (unpaired) electrons. The second-order valence-electron chi connectivity index (χ2n) is 5.33. The highest BCUT2D eigenvalue weighted by Crippen LogP contribution is 2.08. The average Bonchev–Trinajstić information content (AvgIpc) is 2.31.